The van der Waals surface area contributed by atoms with Gasteiger partial charge in [-0.1, -0.05) is 29.5 Å². The number of aromatic nitrogens is 1. The first-order chi connectivity index (χ1) is 18.2. The van der Waals surface area contributed by atoms with Gasteiger partial charge in [0.05, 0.1) is 35.2 Å². The molecule has 2 bridgehead atoms. The maximum Gasteiger partial charge on any atom is 0.416 e. The molecule has 11 heteroatoms. The fourth-order valence-corrected chi connectivity index (χ4v) is 10.2. The van der Waals surface area contributed by atoms with E-state index >= 15 is 0 Å². The largest absolute Gasteiger partial charge is 0.497 e. The molecule has 3 fully saturated rings. The van der Waals surface area contributed by atoms with Crippen LogP contribution < -0.4 is 14.5 Å². The van der Waals surface area contributed by atoms with Crippen LogP contribution in [0.2, 0.25) is 0 Å². The number of alkyl halides is 3. The summed E-state index contributed by atoms with van der Waals surface area (Å²) in [4.78, 5) is 44.5. The summed E-state index contributed by atoms with van der Waals surface area (Å²) in [6.45, 7) is 0. The fourth-order valence-electron chi connectivity index (χ4n) is 7.28. The van der Waals surface area contributed by atoms with E-state index in [9.17, 15) is 27.6 Å². The van der Waals surface area contributed by atoms with E-state index in [1.54, 1.807) is 18.9 Å². The Kier molecular flexibility index (Phi) is 5.20. The minimum atomic E-state index is -4.58. The molecule has 7 atom stereocenters. The summed E-state index contributed by atoms with van der Waals surface area (Å²) in [5.41, 5.74) is 0.0791. The number of anilines is 1. The van der Waals surface area contributed by atoms with Gasteiger partial charge in [0.15, 0.2) is 0 Å². The summed E-state index contributed by atoms with van der Waals surface area (Å²) >= 11 is 2.75. The molecule has 0 unspecified atom stereocenters. The number of rotatable bonds is 3. The number of thioether (sulfide) groups is 1. The summed E-state index contributed by atoms with van der Waals surface area (Å²) in [7, 11) is 1.59. The molecule has 38 heavy (non-hydrogen) atoms. The van der Waals surface area contributed by atoms with Gasteiger partial charge in [0.2, 0.25) is 11.8 Å². The SMILES string of the molecule is COc1ccc([C@@H]2c3sc(=O)[nH]c3S[C@H]3[C@@H]4C[C@H]([C@H]5C(=O)N(c6cccc(C(F)(F)F)c6)C(=O)[C@H]45)[C@H]23)cc1. The second-order valence-corrected chi connectivity index (χ2v) is 12.5. The molecule has 2 aromatic carbocycles. The van der Waals surface area contributed by atoms with E-state index in [0.29, 0.717) is 12.2 Å². The number of carbonyl (C=O) groups is 2. The highest BCUT2D eigenvalue weighted by Crippen LogP contribution is 2.68. The predicted octanol–water partition coefficient (Wildman–Crippen LogP) is 5.14. The van der Waals surface area contributed by atoms with Crippen molar-refractivity contribution in [2.75, 3.05) is 12.0 Å². The monoisotopic (exact) mass is 558 g/mol. The predicted molar refractivity (Wildman–Crippen MR) is 135 cm³/mol. The van der Waals surface area contributed by atoms with Crippen molar-refractivity contribution in [3.8, 4) is 5.75 Å². The van der Waals surface area contributed by atoms with Crippen LogP contribution in [-0.2, 0) is 15.8 Å². The zero-order valence-corrected chi connectivity index (χ0v) is 21.5. The number of aromatic amines is 1. The number of hydrogen-bond acceptors (Lipinski definition) is 6. The van der Waals surface area contributed by atoms with Crippen LogP contribution >= 0.6 is 23.1 Å². The topological polar surface area (TPSA) is 79.5 Å². The third kappa shape index (κ3) is 3.30. The smallest absolute Gasteiger partial charge is 0.416 e. The molecule has 7 rings (SSSR count). The molecule has 1 aromatic heterocycles. The molecule has 1 saturated heterocycles. The molecule has 1 N–H and O–H groups in total. The summed E-state index contributed by atoms with van der Waals surface area (Å²) in [5, 5.41) is 0.807. The number of carbonyl (C=O) groups excluding carboxylic acids is 2. The summed E-state index contributed by atoms with van der Waals surface area (Å²) in [6.07, 6.45) is -3.88. The molecule has 3 heterocycles. The minimum absolute atomic E-state index is 0.00399. The molecule has 4 aliphatic rings. The molecular formula is C27H21F3N2O4S2. The first kappa shape index (κ1) is 24.0. The number of methoxy groups -OCH3 is 1. The van der Waals surface area contributed by atoms with Gasteiger partial charge in [0, 0.05) is 16.0 Å². The van der Waals surface area contributed by atoms with Gasteiger partial charge in [-0.15, -0.1) is 11.8 Å². The minimum Gasteiger partial charge on any atom is -0.497 e. The highest BCUT2D eigenvalue weighted by Gasteiger charge is 2.69. The Morgan fingerprint density at radius 3 is 2.39 bits per heavy atom. The number of fused-ring (bicyclic) bond motifs is 9. The Morgan fingerprint density at radius 2 is 1.71 bits per heavy atom. The maximum absolute atomic E-state index is 13.7. The zero-order valence-electron chi connectivity index (χ0n) is 19.9. The van der Waals surface area contributed by atoms with Crippen LogP contribution in [0.5, 0.6) is 5.75 Å². The van der Waals surface area contributed by atoms with Gasteiger partial charge in [0.1, 0.15) is 5.75 Å². The molecule has 6 nitrogen and oxygen atoms in total. The highest BCUT2D eigenvalue weighted by atomic mass is 32.2. The molecule has 0 radical (unpaired) electrons. The van der Waals surface area contributed by atoms with Gasteiger partial charge in [-0.25, -0.2) is 0 Å². The molecule has 2 aliphatic carbocycles. The van der Waals surface area contributed by atoms with Crippen molar-refractivity contribution in [2.45, 2.75) is 28.8 Å². The van der Waals surface area contributed by atoms with Gasteiger partial charge in [-0.05, 0) is 60.1 Å². The van der Waals surface area contributed by atoms with Crippen molar-refractivity contribution < 1.29 is 27.5 Å². The van der Waals surface area contributed by atoms with Crippen molar-refractivity contribution in [1.29, 1.82) is 0 Å². The molecule has 0 spiro atoms. The lowest BCUT2D eigenvalue weighted by Crippen LogP contribution is -2.42. The number of H-pyrrole nitrogens is 1. The fraction of sp³-hybridized carbons (Fsp3) is 0.370. The van der Waals surface area contributed by atoms with Crippen LogP contribution in [0.15, 0.2) is 58.4 Å². The van der Waals surface area contributed by atoms with Crippen molar-refractivity contribution in [1.82, 2.24) is 4.98 Å². The second-order valence-electron chi connectivity index (χ2n) is 10.3. The van der Waals surface area contributed by atoms with Gasteiger partial charge >= 0.3 is 11.0 Å². The van der Waals surface area contributed by atoms with Crippen LogP contribution in [-0.4, -0.2) is 29.2 Å². The van der Waals surface area contributed by atoms with Crippen molar-refractivity contribution in [3.05, 3.63) is 74.2 Å². The van der Waals surface area contributed by atoms with E-state index in [0.717, 1.165) is 32.5 Å². The number of ether oxygens (including phenoxy) is 1. The summed E-state index contributed by atoms with van der Waals surface area (Å²) < 4.78 is 45.4. The second kappa shape index (κ2) is 8.22. The molecule has 3 aromatic rings. The molecule has 2 aliphatic heterocycles. The van der Waals surface area contributed by atoms with Crippen LogP contribution in [0.4, 0.5) is 18.9 Å². The van der Waals surface area contributed by atoms with Crippen LogP contribution in [0, 0.1) is 29.6 Å². The Balaban J connectivity index is 1.29. The molecular weight excluding hydrogens is 537 g/mol. The van der Waals surface area contributed by atoms with E-state index in [-0.39, 0.29) is 39.5 Å². The third-order valence-corrected chi connectivity index (χ3v) is 11.2. The Bertz CT molecular complexity index is 1530. The Morgan fingerprint density at radius 1 is 1.00 bits per heavy atom. The third-order valence-electron chi connectivity index (χ3n) is 8.63. The number of nitrogens with zero attached hydrogens (tertiary/aromatic N) is 1. The lowest BCUT2D eigenvalue weighted by atomic mass is 9.68. The van der Waals surface area contributed by atoms with E-state index in [1.807, 2.05) is 24.3 Å². The Labute approximate surface area is 223 Å². The maximum atomic E-state index is 13.7. The molecule has 2 saturated carbocycles. The highest BCUT2D eigenvalue weighted by molar-refractivity contribution is 8.00. The first-order valence-electron chi connectivity index (χ1n) is 12.3. The quantitative estimate of drug-likeness (QED) is 0.451. The number of hydrogen-bond donors (Lipinski definition) is 1. The van der Waals surface area contributed by atoms with Crippen molar-refractivity contribution in [2.24, 2.45) is 29.6 Å². The van der Waals surface area contributed by atoms with Crippen molar-refractivity contribution >= 4 is 40.6 Å². The van der Waals surface area contributed by atoms with Crippen LogP contribution in [0.3, 0.4) is 0 Å². The number of imide groups is 1. The Hall–Kier alpha value is -3.05. The lowest BCUT2D eigenvalue weighted by Gasteiger charge is -2.43. The standard InChI is InChI=1S/C27H21F3N2O4S2/c1-36-14-7-5-11(6-8-14)17-18-15-10-16(21(18)37-23-22(17)38-26(35)31-23)20-19(15)24(33)32(25(20)34)13-4-2-3-12(9-13)27(28,29)30/h2-9,15-21H,10H2,1H3,(H,31,35)/t15-,16+,17-,18+,19+,20+,21-/m0/s1. The number of thiazole rings is 1. The number of amides is 2. The lowest BCUT2D eigenvalue weighted by molar-refractivity contribution is -0.137. The van der Waals surface area contributed by atoms with Gasteiger partial charge in [-0.3, -0.25) is 19.3 Å². The van der Waals surface area contributed by atoms with E-state index in [1.165, 1.54) is 23.5 Å². The van der Waals surface area contributed by atoms with Crippen LogP contribution in [0.25, 0.3) is 0 Å². The van der Waals surface area contributed by atoms with E-state index < -0.39 is 35.4 Å². The summed E-state index contributed by atoms with van der Waals surface area (Å²) in [6, 6.07) is 12.1. The van der Waals surface area contributed by atoms with E-state index in [4.69, 9.17) is 4.74 Å². The molecule has 2 amide bonds. The number of nitrogens with one attached hydrogen (secondary N) is 1. The van der Waals surface area contributed by atoms with Gasteiger partial charge in [0.25, 0.3) is 0 Å². The summed E-state index contributed by atoms with van der Waals surface area (Å²) in [5.74, 6) is -1.63. The normalized spacial score (nSPS) is 31.4. The van der Waals surface area contributed by atoms with Crippen molar-refractivity contribution in [3.63, 3.8) is 0 Å². The van der Waals surface area contributed by atoms with Crippen LogP contribution in [0.1, 0.15) is 28.3 Å². The average molecular weight is 559 g/mol. The molecule has 196 valence electrons. The van der Waals surface area contributed by atoms with Gasteiger partial charge in [-0.2, -0.15) is 13.2 Å². The van der Waals surface area contributed by atoms with Gasteiger partial charge < -0.3 is 9.72 Å². The van der Waals surface area contributed by atoms with E-state index in [2.05, 4.69) is 4.98 Å². The average Bonchev–Trinajstić information content (AvgIpc) is 3.62. The zero-order chi connectivity index (χ0) is 26.5. The number of benzene rings is 2. The first-order valence-corrected chi connectivity index (χ1v) is 14.0. The number of halogens is 3.